The first-order valence-electron chi connectivity index (χ1n) is 10.2. The maximum atomic E-state index is 12.9. The number of pyridine rings is 1. The minimum Gasteiger partial charge on any atom is -0.342 e. The lowest BCUT2D eigenvalue weighted by atomic mass is 10.0. The topological polar surface area (TPSA) is 79.6 Å². The molecule has 0 N–H and O–H groups in total. The van der Waals surface area contributed by atoms with Crippen LogP contribution >= 0.6 is 11.8 Å². The highest BCUT2D eigenvalue weighted by Gasteiger charge is 2.28. The first kappa shape index (κ1) is 22.2. The summed E-state index contributed by atoms with van der Waals surface area (Å²) in [6.45, 7) is 4.86. The average Bonchev–Trinajstić information content (AvgIpc) is 2.78. The number of piperidine rings is 1. The Kier molecular flexibility index (Phi) is 7.81. The number of aromatic nitrogens is 1. The molecule has 1 aliphatic rings. The van der Waals surface area contributed by atoms with Gasteiger partial charge in [-0.05, 0) is 44.0 Å². The molecule has 2 heterocycles. The molecule has 0 bridgehead atoms. The van der Waals surface area contributed by atoms with Gasteiger partial charge in [-0.3, -0.25) is 19.9 Å². The summed E-state index contributed by atoms with van der Waals surface area (Å²) in [6.07, 6.45) is 4.72. The second kappa shape index (κ2) is 10.5. The first-order valence-corrected chi connectivity index (χ1v) is 11.1. The normalized spacial score (nSPS) is 16.2. The number of likely N-dealkylation sites (tertiary alicyclic amines) is 1. The van der Waals surface area contributed by atoms with Crippen molar-refractivity contribution >= 4 is 23.4 Å². The molecule has 1 fully saturated rings. The Morgan fingerprint density at radius 1 is 1.27 bits per heavy atom. The SMILES string of the molecule is CC(Sc1ccc([N+](=O)[O-])cc1)C(=O)N(C)C1CCN(CCc2ccccn2)CC1. The lowest BCUT2D eigenvalue weighted by Crippen LogP contribution is -2.47. The van der Waals surface area contributed by atoms with Crippen molar-refractivity contribution in [2.75, 3.05) is 26.7 Å². The van der Waals surface area contributed by atoms with Crippen LogP contribution in [0.1, 0.15) is 25.5 Å². The summed E-state index contributed by atoms with van der Waals surface area (Å²) in [4.78, 5) is 32.8. The van der Waals surface area contributed by atoms with Crippen LogP contribution in [-0.2, 0) is 11.2 Å². The van der Waals surface area contributed by atoms with Crippen molar-refractivity contribution in [1.29, 1.82) is 0 Å². The molecule has 2 aromatic rings. The second-order valence-corrected chi connectivity index (χ2v) is 9.02. The number of carbonyl (C=O) groups is 1. The summed E-state index contributed by atoms with van der Waals surface area (Å²) in [7, 11) is 1.89. The molecular weight excluding hydrogens is 400 g/mol. The van der Waals surface area contributed by atoms with E-state index in [9.17, 15) is 14.9 Å². The number of amides is 1. The van der Waals surface area contributed by atoms with Crippen LogP contribution in [0.5, 0.6) is 0 Å². The van der Waals surface area contributed by atoms with Gasteiger partial charge in [0.1, 0.15) is 0 Å². The third-order valence-electron chi connectivity index (χ3n) is 5.57. The third kappa shape index (κ3) is 6.03. The van der Waals surface area contributed by atoms with E-state index >= 15 is 0 Å². The highest BCUT2D eigenvalue weighted by Crippen LogP contribution is 2.27. The van der Waals surface area contributed by atoms with E-state index in [0.717, 1.165) is 49.5 Å². The smallest absolute Gasteiger partial charge is 0.269 e. The molecule has 1 atom stereocenters. The highest BCUT2D eigenvalue weighted by atomic mass is 32.2. The Hall–Kier alpha value is -2.45. The Morgan fingerprint density at radius 3 is 2.57 bits per heavy atom. The van der Waals surface area contributed by atoms with Gasteiger partial charge in [-0.25, -0.2) is 0 Å². The number of carbonyl (C=O) groups excluding carboxylic acids is 1. The Balaban J connectivity index is 1.44. The summed E-state index contributed by atoms with van der Waals surface area (Å²) in [5.74, 6) is 0.102. The molecule has 7 nitrogen and oxygen atoms in total. The van der Waals surface area contributed by atoms with Gasteiger partial charge >= 0.3 is 0 Å². The lowest BCUT2D eigenvalue weighted by Gasteiger charge is -2.37. The minimum absolute atomic E-state index is 0.0604. The highest BCUT2D eigenvalue weighted by molar-refractivity contribution is 8.00. The molecule has 1 saturated heterocycles. The van der Waals surface area contributed by atoms with Crippen molar-refractivity contribution in [2.24, 2.45) is 0 Å². The molecule has 160 valence electrons. The third-order valence-corrected chi connectivity index (χ3v) is 6.67. The van der Waals surface area contributed by atoms with E-state index in [1.165, 1.54) is 23.9 Å². The standard InChI is InChI=1S/C22H28N4O3S/c1-17(30-21-8-6-20(7-9-21)26(28)29)22(27)24(2)19-11-15-25(16-12-19)14-10-18-5-3-4-13-23-18/h3-9,13,17,19H,10-12,14-16H2,1-2H3. The van der Waals surface area contributed by atoms with Crippen LogP contribution < -0.4 is 0 Å². The van der Waals surface area contributed by atoms with E-state index in [-0.39, 0.29) is 22.9 Å². The van der Waals surface area contributed by atoms with Crippen LogP contribution in [0.15, 0.2) is 53.6 Å². The van der Waals surface area contributed by atoms with E-state index in [4.69, 9.17) is 0 Å². The van der Waals surface area contributed by atoms with Crippen LogP contribution in [0.4, 0.5) is 5.69 Å². The zero-order chi connectivity index (χ0) is 21.5. The number of hydrogen-bond donors (Lipinski definition) is 0. The lowest BCUT2D eigenvalue weighted by molar-refractivity contribution is -0.384. The molecule has 1 aromatic heterocycles. The maximum Gasteiger partial charge on any atom is 0.269 e. The number of rotatable bonds is 8. The summed E-state index contributed by atoms with van der Waals surface area (Å²) >= 11 is 1.44. The van der Waals surface area contributed by atoms with Crippen molar-refractivity contribution in [3.05, 3.63) is 64.5 Å². The summed E-state index contributed by atoms with van der Waals surface area (Å²) < 4.78 is 0. The summed E-state index contributed by atoms with van der Waals surface area (Å²) in [5.41, 5.74) is 1.18. The molecule has 0 radical (unpaired) electrons. The van der Waals surface area contributed by atoms with Crippen molar-refractivity contribution in [3.8, 4) is 0 Å². The molecule has 3 rings (SSSR count). The molecule has 0 spiro atoms. The van der Waals surface area contributed by atoms with Gasteiger partial charge in [-0.2, -0.15) is 0 Å². The van der Waals surface area contributed by atoms with E-state index in [1.807, 2.05) is 37.2 Å². The monoisotopic (exact) mass is 428 g/mol. The van der Waals surface area contributed by atoms with Gasteiger partial charge in [0.05, 0.1) is 10.2 Å². The van der Waals surface area contributed by atoms with Crippen LogP contribution in [0, 0.1) is 10.1 Å². The predicted molar refractivity (Wildman–Crippen MR) is 119 cm³/mol. The summed E-state index contributed by atoms with van der Waals surface area (Å²) in [5, 5.41) is 10.5. The number of nitrogens with zero attached hydrogens (tertiary/aromatic N) is 4. The molecule has 1 aromatic carbocycles. The van der Waals surface area contributed by atoms with Gasteiger partial charge in [-0.1, -0.05) is 6.07 Å². The molecular formula is C22H28N4O3S. The fraction of sp³-hybridized carbons (Fsp3) is 0.455. The van der Waals surface area contributed by atoms with Crippen LogP contribution in [-0.4, -0.2) is 63.6 Å². The molecule has 0 saturated carbocycles. The van der Waals surface area contributed by atoms with Gasteiger partial charge < -0.3 is 9.80 Å². The predicted octanol–water partition coefficient (Wildman–Crippen LogP) is 3.64. The molecule has 8 heteroatoms. The van der Waals surface area contributed by atoms with Crippen LogP contribution in [0.25, 0.3) is 0 Å². The zero-order valence-corrected chi connectivity index (χ0v) is 18.3. The van der Waals surface area contributed by atoms with Gasteiger partial charge in [0.15, 0.2) is 0 Å². The minimum atomic E-state index is -0.417. The van der Waals surface area contributed by atoms with Crippen molar-refractivity contribution in [2.45, 2.75) is 42.4 Å². The Bertz CT molecular complexity index is 839. The molecule has 1 amide bonds. The largest absolute Gasteiger partial charge is 0.342 e. The van der Waals surface area contributed by atoms with E-state index < -0.39 is 4.92 Å². The number of thioether (sulfide) groups is 1. The van der Waals surface area contributed by atoms with Gasteiger partial charge in [0.2, 0.25) is 5.91 Å². The van der Waals surface area contributed by atoms with Crippen molar-refractivity contribution in [1.82, 2.24) is 14.8 Å². The van der Waals surface area contributed by atoms with Crippen LogP contribution in [0.2, 0.25) is 0 Å². The fourth-order valence-corrected chi connectivity index (χ4v) is 4.69. The molecule has 0 aliphatic carbocycles. The van der Waals surface area contributed by atoms with Gasteiger partial charge in [-0.15, -0.1) is 11.8 Å². The average molecular weight is 429 g/mol. The number of hydrogen-bond acceptors (Lipinski definition) is 6. The Labute approximate surface area is 181 Å². The van der Waals surface area contributed by atoms with E-state index in [1.54, 1.807) is 12.1 Å². The van der Waals surface area contributed by atoms with E-state index in [0.29, 0.717) is 0 Å². The molecule has 30 heavy (non-hydrogen) atoms. The van der Waals surface area contributed by atoms with Crippen molar-refractivity contribution in [3.63, 3.8) is 0 Å². The molecule has 1 aliphatic heterocycles. The van der Waals surface area contributed by atoms with Crippen LogP contribution in [0.3, 0.4) is 0 Å². The van der Waals surface area contributed by atoms with Gasteiger partial charge in [0.25, 0.3) is 5.69 Å². The maximum absolute atomic E-state index is 12.9. The summed E-state index contributed by atoms with van der Waals surface area (Å²) in [6, 6.07) is 12.6. The fourth-order valence-electron chi connectivity index (χ4n) is 3.72. The quantitative estimate of drug-likeness (QED) is 0.363. The number of nitro benzene ring substituents is 1. The second-order valence-electron chi connectivity index (χ2n) is 7.60. The van der Waals surface area contributed by atoms with Gasteiger partial charge in [0, 0.05) is 68.1 Å². The number of benzene rings is 1. The Morgan fingerprint density at radius 2 is 1.97 bits per heavy atom. The number of non-ortho nitro benzene ring substituents is 1. The zero-order valence-electron chi connectivity index (χ0n) is 17.4. The van der Waals surface area contributed by atoms with Crippen molar-refractivity contribution < 1.29 is 9.72 Å². The van der Waals surface area contributed by atoms with E-state index in [2.05, 4.69) is 16.0 Å². The number of nitro groups is 1. The molecule has 1 unspecified atom stereocenters. The first-order chi connectivity index (χ1) is 14.4.